The normalized spacial score (nSPS) is 20.3. The highest BCUT2D eigenvalue weighted by Gasteiger charge is 2.49. The molecule has 9 heteroatoms. The Morgan fingerprint density at radius 1 is 1.54 bits per heavy atom. The Morgan fingerprint density at radius 3 is 2.96 bits per heavy atom. The van der Waals surface area contributed by atoms with Gasteiger partial charge in [0.05, 0.1) is 24.0 Å². The molecule has 1 saturated heterocycles. The van der Waals surface area contributed by atoms with E-state index in [4.69, 9.17) is 10.00 Å². The third-order valence-electron chi connectivity index (χ3n) is 5.07. The highest BCUT2D eigenvalue weighted by molar-refractivity contribution is 5.78. The van der Waals surface area contributed by atoms with Crippen LogP contribution in [0.3, 0.4) is 0 Å². The number of aromatic nitrogens is 3. The van der Waals surface area contributed by atoms with E-state index in [9.17, 15) is 14.7 Å². The van der Waals surface area contributed by atoms with Gasteiger partial charge in [0.25, 0.3) is 0 Å². The van der Waals surface area contributed by atoms with Crippen molar-refractivity contribution in [3.05, 3.63) is 39.7 Å². The Balaban J connectivity index is 1.80. The van der Waals surface area contributed by atoms with E-state index in [1.165, 1.54) is 17.9 Å². The smallest absolute Gasteiger partial charge is 0.336 e. The second kappa shape index (κ2) is 5.71. The average Bonchev–Trinajstić information content (AvgIpc) is 3.27. The first-order valence-corrected chi connectivity index (χ1v) is 8.19. The van der Waals surface area contributed by atoms with Gasteiger partial charge in [0.2, 0.25) is 11.8 Å². The number of nitriles is 1. The highest BCUT2D eigenvalue weighted by Crippen LogP contribution is 2.48. The molecule has 0 saturated carbocycles. The summed E-state index contributed by atoms with van der Waals surface area (Å²) in [5, 5.41) is 19.7. The van der Waals surface area contributed by atoms with E-state index in [1.807, 2.05) is 6.07 Å². The summed E-state index contributed by atoms with van der Waals surface area (Å²) < 4.78 is 7.65. The largest absolute Gasteiger partial charge is 0.493 e. The molecule has 2 aliphatic rings. The molecule has 4 rings (SSSR count). The van der Waals surface area contributed by atoms with Gasteiger partial charge >= 0.3 is 5.69 Å². The van der Waals surface area contributed by atoms with E-state index in [1.54, 1.807) is 22.5 Å². The van der Waals surface area contributed by atoms with E-state index in [2.05, 4.69) is 4.98 Å². The number of fused-ring (bicyclic) bond motifs is 5. The van der Waals surface area contributed by atoms with Crippen LogP contribution in [0.15, 0.2) is 17.1 Å². The first kappa shape index (κ1) is 16.4. The molecule has 2 aromatic rings. The molecule has 9 nitrogen and oxygen atoms in total. The third-order valence-corrected chi connectivity index (χ3v) is 5.07. The van der Waals surface area contributed by atoms with E-state index in [-0.39, 0.29) is 41.9 Å². The molecule has 134 valence electrons. The number of rotatable bonds is 3. The Hall–Kier alpha value is -3.12. The standard InChI is InChI=1S/C17H17N5O4/c1-9-3-10(6-19-12(9)5-18)22-16(24)15-13-4-11(21(15)17(22)25)7-20(13)14(23)8-26-2/h3,6,11,13,24H,4,7-8H2,1-2H3/t11-,13?/m1/s1. The summed E-state index contributed by atoms with van der Waals surface area (Å²) >= 11 is 0. The van der Waals surface area contributed by atoms with Gasteiger partial charge in [-0.3, -0.25) is 9.36 Å². The summed E-state index contributed by atoms with van der Waals surface area (Å²) in [7, 11) is 1.45. The molecule has 2 bridgehead atoms. The number of carbonyl (C=O) groups is 1. The summed E-state index contributed by atoms with van der Waals surface area (Å²) in [4.78, 5) is 30.8. The lowest BCUT2D eigenvalue weighted by molar-refractivity contribution is -0.136. The van der Waals surface area contributed by atoms with Crippen LogP contribution in [0.2, 0.25) is 0 Å². The fourth-order valence-corrected chi connectivity index (χ4v) is 3.96. The Labute approximate surface area is 148 Å². The number of imidazole rings is 1. The zero-order chi connectivity index (χ0) is 18.6. The lowest BCUT2D eigenvalue weighted by Gasteiger charge is -2.27. The number of likely N-dealkylation sites (tertiary alicyclic amines) is 1. The van der Waals surface area contributed by atoms with Crippen LogP contribution in [0.5, 0.6) is 5.88 Å². The minimum atomic E-state index is -0.366. The third kappa shape index (κ3) is 2.09. The van der Waals surface area contributed by atoms with Crippen LogP contribution in [0.4, 0.5) is 0 Å². The maximum Gasteiger partial charge on any atom is 0.336 e. The van der Waals surface area contributed by atoms with Gasteiger partial charge in [-0.25, -0.2) is 14.3 Å². The van der Waals surface area contributed by atoms with Crippen molar-refractivity contribution in [2.24, 2.45) is 0 Å². The topological polar surface area (TPSA) is 113 Å². The average molecular weight is 355 g/mol. The number of pyridine rings is 1. The molecule has 0 radical (unpaired) electrons. The van der Waals surface area contributed by atoms with E-state index < -0.39 is 0 Å². The molecular weight excluding hydrogens is 338 g/mol. The van der Waals surface area contributed by atoms with E-state index >= 15 is 0 Å². The maximum atomic E-state index is 12.9. The number of amides is 1. The Bertz CT molecular complexity index is 1020. The van der Waals surface area contributed by atoms with Gasteiger partial charge in [0.15, 0.2) is 0 Å². The number of aromatic hydroxyl groups is 1. The Kier molecular flexibility index (Phi) is 3.59. The van der Waals surface area contributed by atoms with E-state index in [0.29, 0.717) is 29.9 Å². The van der Waals surface area contributed by atoms with Gasteiger partial charge in [-0.15, -0.1) is 0 Å². The predicted octanol–water partition coefficient (Wildman–Crippen LogP) is 0.394. The van der Waals surface area contributed by atoms with Crippen molar-refractivity contribution >= 4 is 5.91 Å². The number of hydrogen-bond donors (Lipinski definition) is 1. The predicted molar refractivity (Wildman–Crippen MR) is 88.9 cm³/mol. The molecule has 4 heterocycles. The minimum Gasteiger partial charge on any atom is -0.493 e. The Morgan fingerprint density at radius 2 is 2.31 bits per heavy atom. The minimum absolute atomic E-state index is 0.0341. The summed E-state index contributed by atoms with van der Waals surface area (Å²) in [5.41, 5.74) is 1.35. The van der Waals surface area contributed by atoms with Gasteiger partial charge in [0, 0.05) is 13.7 Å². The van der Waals surface area contributed by atoms with Crippen molar-refractivity contribution in [1.82, 2.24) is 19.0 Å². The van der Waals surface area contributed by atoms with Crippen molar-refractivity contribution in [1.29, 1.82) is 5.26 Å². The molecule has 2 aliphatic heterocycles. The maximum absolute atomic E-state index is 12.9. The van der Waals surface area contributed by atoms with Crippen molar-refractivity contribution in [2.45, 2.75) is 25.4 Å². The lowest BCUT2D eigenvalue weighted by Crippen LogP contribution is -2.39. The zero-order valence-electron chi connectivity index (χ0n) is 14.3. The first-order chi connectivity index (χ1) is 12.5. The number of nitrogens with zero attached hydrogens (tertiary/aromatic N) is 5. The second-order valence-corrected chi connectivity index (χ2v) is 6.55. The summed E-state index contributed by atoms with van der Waals surface area (Å²) in [6.45, 7) is 2.11. The van der Waals surface area contributed by atoms with Crippen molar-refractivity contribution in [2.75, 3.05) is 20.3 Å². The zero-order valence-corrected chi connectivity index (χ0v) is 14.3. The van der Waals surface area contributed by atoms with Gasteiger partial charge in [-0.05, 0) is 25.0 Å². The van der Waals surface area contributed by atoms with Crippen LogP contribution in [-0.2, 0) is 9.53 Å². The molecule has 1 N–H and O–H groups in total. The van der Waals surface area contributed by atoms with Crippen molar-refractivity contribution in [3.8, 4) is 17.6 Å². The van der Waals surface area contributed by atoms with Crippen LogP contribution in [0, 0.1) is 18.3 Å². The number of hydrogen-bond acceptors (Lipinski definition) is 6. The van der Waals surface area contributed by atoms with Gasteiger partial charge in [-0.2, -0.15) is 5.26 Å². The summed E-state index contributed by atoms with van der Waals surface area (Å²) in [6, 6.07) is 3.10. The van der Waals surface area contributed by atoms with Crippen molar-refractivity contribution in [3.63, 3.8) is 0 Å². The molecule has 0 aliphatic carbocycles. The van der Waals surface area contributed by atoms with Crippen LogP contribution in [-0.4, -0.2) is 50.3 Å². The van der Waals surface area contributed by atoms with Gasteiger partial charge < -0.3 is 14.7 Å². The first-order valence-electron chi connectivity index (χ1n) is 8.19. The van der Waals surface area contributed by atoms with E-state index in [0.717, 1.165) is 0 Å². The van der Waals surface area contributed by atoms with Gasteiger partial charge in [0.1, 0.15) is 24.1 Å². The van der Waals surface area contributed by atoms with Crippen molar-refractivity contribution < 1.29 is 14.6 Å². The lowest BCUT2D eigenvalue weighted by atomic mass is 10.2. The molecule has 26 heavy (non-hydrogen) atoms. The van der Waals surface area contributed by atoms with Crippen LogP contribution < -0.4 is 5.69 Å². The van der Waals surface area contributed by atoms with Gasteiger partial charge in [-0.1, -0.05) is 0 Å². The summed E-state index contributed by atoms with van der Waals surface area (Å²) in [6.07, 6.45) is 2.00. The van der Waals surface area contributed by atoms with Crippen LogP contribution >= 0.6 is 0 Å². The molecular formula is C17H17N5O4. The number of aryl methyl sites for hydroxylation is 1. The number of ether oxygens (including phenoxy) is 1. The monoisotopic (exact) mass is 355 g/mol. The molecule has 0 spiro atoms. The molecule has 1 amide bonds. The quantitative estimate of drug-likeness (QED) is 0.852. The molecule has 1 fully saturated rings. The van der Waals surface area contributed by atoms with Crippen LogP contribution in [0.25, 0.3) is 5.69 Å². The molecule has 1 unspecified atom stereocenters. The molecule has 2 atom stereocenters. The molecule has 2 aromatic heterocycles. The number of carbonyl (C=O) groups excluding carboxylic acids is 1. The highest BCUT2D eigenvalue weighted by atomic mass is 16.5. The van der Waals surface area contributed by atoms with Crippen LogP contribution in [0.1, 0.15) is 35.5 Å². The number of methoxy groups -OCH3 is 1. The second-order valence-electron chi connectivity index (χ2n) is 6.55. The fourth-order valence-electron chi connectivity index (χ4n) is 3.96. The summed E-state index contributed by atoms with van der Waals surface area (Å²) in [5.74, 6) is -0.356. The molecule has 0 aromatic carbocycles. The fraction of sp³-hybridized carbons (Fsp3) is 0.412. The SMILES string of the molecule is COCC(=O)N1C[C@H]2CC1c1c(O)n(-c3cnc(C#N)c(C)c3)c(=O)n12.